The first-order chi connectivity index (χ1) is 13.3. The average Bonchev–Trinajstić information content (AvgIpc) is 3.24. The van der Waals surface area contributed by atoms with Crippen LogP contribution in [0.3, 0.4) is 0 Å². The first-order valence-electron chi connectivity index (χ1n) is 8.68. The Labute approximate surface area is 157 Å². The van der Waals surface area contributed by atoms with E-state index in [1.807, 2.05) is 84.9 Å². The highest BCUT2D eigenvalue weighted by atomic mass is 16.5. The summed E-state index contributed by atoms with van der Waals surface area (Å²) in [5.74, 6) is 1.82. The van der Waals surface area contributed by atoms with Crippen LogP contribution in [-0.4, -0.2) is 17.3 Å². The van der Waals surface area contributed by atoms with Crippen LogP contribution in [0.2, 0.25) is 0 Å². The molecule has 1 atom stereocenters. The normalized spacial score (nSPS) is 11.7. The Morgan fingerprint density at radius 1 is 0.815 bits per heavy atom. The summed E-state index contributed by atoms with van der Waals surface area (Å²) in [6, 6.07) is 27.3. The van der Waals surface area contributed by atoms with Crippen molar-refractivity contribution in [1.82, 2.24) is 10.2 Å². The second-order valence-corrected chi connectivity index (χ2v) is 6.03. The Kier molecular flexibility index (Phi) is 4.83. The van der Waals surface area contributed by atoms with Gasteiger partial charge in [-0.15, -0.1) is 10.2 Å². The molecule has 27 heavy (non-hydrogen) atoms. The second kappa shape index (κ2) is 7.74. The first-order valence-corrected chi connectivity index (χ1v) is 8.68. The lowest BCUT2D eigenvalue weighted by molar-refractivity contribution is 0.415. The van der Waals surface area contributed by atoms with Gasteiger partial charge in [0.25, 0.3) is 0 Å². The highest BCUT2D eigenvalue weighted by molar-refractivity contribution is 5.53. The van der Waals surface area contributed by atoms with Gasteiger partial charge < -0.3 is 14.5 Å². The van der Waals surface area contributed by atoms with Gasteiger partial charge in [-0.1, -0.05) is 48.5 Å². The number of rotatable bonds is 6. The Morgan fingerprint density at radius 2 is 1.48 bits per heavy atom. The minimum atomic E-state index is -0.260. The monoisotopic (exact) mass is 357 g/mol. The Bertz CT molecular complexity index is 983. The maximum Gasteiger partial charge on any atom is 0.247 e. The van der Waals surface area contributed by atoms with E-state index in [2.05, 4.69) is 15.5 Å². The fourth-order valence-electron chi connectivity index (χ4n) is 2.84. The van der Waals surface area contributed by atoms with E-state index in [1.54, 1.807) is 7.11 Å². The molecule has 0 fully saturated rings. The molecule has 0 radical (unpaired) electrons. The lowest BCUT2D eigenvalue weighted by Gasteiger charge is -2.17. The molecule has 4 aromatic rings. The van der Waals surface area contributed by atoms with E-state index in [4.69, 9.17) is 9.15 Å². The van der Waals surface area contributed by atoms with Crippen LogP contribution in [0.25, 0.3) is 11.5 Å². The molecule has 0 spiro atoms. The molecule has 0 saturated carbocycles. The minimum absolute atomic E-state index is 0.260. The molecule has 1 N–H and O–H groups in total. The van der Waals surface area contributed by atoms with Crippen molar-refractivity contribution in [1.29, 1.82) is 0 Å². The number of hydrogen-bond donors (Lipinski definition) is 1. The molecular formula is C22H19N3O2. The molecule has 0 amide bonds. The van der Waals surface area contributed by atoms with Crippen LogP contribution in [-0.2, 0) is 0 Å². The van der Waals surface area contributed by atoms with Crippen LogP contribution in [0.4, 0.5) is 5.69 Å². The van der Waals surface area contributed by atoms with E-state index in [0.29, 0.717) is 11.8 Å². The van der Waals surface area contributed by atoms with Gasteiger partial charge in [-0.3, -0.25) is 0 Å². The second-order valence-electron chi connectivity index (χ2n) is 6.03. The van der Waals surface area contributed by atoms with Crippen molar-refractivity contribution in [2.75, 3.05) is 12.4 Å². The van der Waals surface area contributed by atoms with Gasteiger partial charge in [-0.05, 0) is 42.0 Å². The average molecular weight is 357 g/mol. The van der Waals surface area contributed by atoms with Crippen molar-refractivity contribution in [3.63, 3.8) is 0 Å². The zero-order chi connectivity index (χ0) is 18.5. The van der Waals surface area contributed by atoms with Crippen LogP contribution in [0.1, 0.15) is 17.5 Å². The molecule has 0 aliphatic heterocycles. The van der Waals surface area contributed by atoms with Gasteiger partial charge >= 0.3 is 0 Å². The molecule has 0 saturated heterocycles. The maximum absolute atomic E-state index is 5.99. The fourth-order valence-corrected chi connectivity index (χ4v) is 2.84. The molecule has 5 nitrogen and oxygen atoms in total. The van der Waals surface area contributed by atoms with Crippen molar-refractivity contribution in [2.45, 2.75) is 6.04 Å². The molecule has 0 aliphatic carbocycles. The van der Waals surface area contributed by atoms with Gasteiger partial charge in [0.15, 0.2) is 0 Å². The van der Waals surface area contributed by atoms with E-state index >= 15 is 0 Å². The zero-order valence-corrected chi connectivity index (χ0v) is 14.9. The predicted octanol–water partition coefficient (Wildman–Crippen LogP) is 4.95. The van der Waals surface area contributed by atoms with Gasteiger partial charge in [-0.2, -0.15) is 0 Å². The third-order valence-corrected chi connectivity index (χ3v) is 4.24. The summed E-state index contributed by atoms with van der Waals surface area (Å²) in [6.45, 7) is 0. The highest BCUT2D eigenvalue weighted by Crippen LogP contribution is 2.29. The Hall–Kier alpha value is -3.60. The molecule has 1 heterocycles. The molecule has 0 bridgehead atoms. The maximum atomic E-state index is 5.99. The summed E-state index contributed by atoms with van der Waals surface area (Å²) in [5.41, 5.74) is 2.87. The third kappa shape index (κ3) is 3.82. The van der Waals surface area contributed by atoms with E-state index in [-0.39, 0.29) is 6.04 Å². The van der Waals surface area contributed by atoms with E-state index in [0.717, 1.165) is 22.6 Å². The summed E-state index contributed by atoms with van der Waals surface area (Å²) in [5, 5.41) is 12.0. The lowest BCUT2D eigenvalue weighted by Crippen LogP contribution is -2.12. The number of ether oxygens (including phenoxy) is 1. The standard InChI is InChI=1S/C22H19N3O2/c1-26-19-14-12-18(13-15-19)23-20(16-8-4-2-5-9-16)22-25-24-21(27-22)17-10-6-3-7-11-17/h2-15,20,23H,1H3/t20-/m0/s1. The van der Waals surface area contributed by atoms with E-state index in [9.17, 15) is 0 Å². The number of hydrogen-bond acceptors (Lipinski definition) is 5. The molecule has 5 heteroatoms. The number of nitrogens with zero attached hydrogens (tertiary/aromatic N) is 2. The summed E-state index contributed by atoms with van der Waals surface area (Å²) in [7, 11) is 1.65. The number of anilines is 1. The van der Waals surface area contributed by atoms with Gasteiger partial charge in [0.05, 0.1) is 7.11 Å². The number of aromatic nitrogens is 2. The van der Waals surface area contributed by atoms with Gasteiger partial charge in [-0.25, -0.2) is 0 Å². The van der Waals surface area contributed by atoms with Crippen molar-refractivity contribution < 1.29 is 9.15 Å². The number of benzene rings is 3. The zero-order valence-electron chi connectivity index (χ0n) is 14.9. The predicted molar refractivity (Wildman–Crippen MR) is 105 cm³/mol. The van der Waals surface area contributed by atoms with Crippen LogP contribution in [0.15, 0.2) is 89.3 Å². The highest BCUT2D eigenvalue weighted by Gasteiger charge is 2.21. The SMILES string of the molecule is COc1ccc(N[C@@H](c2ccccc2)c2nnc(-c3ccccc3)o2)cc1. The summed E-state index contributed by atoms with van der Waals surface area (Å²) in [6.07, 6.45) is 0. The third-order valence-electron chi connectivity index (χ3n) is 4.24. The topological polar surface area (TPSA) is 60.2 Å². The van der Waals surface area contributed by atoms with Crippen LogP contribution in [0.5, 0.6) is 5.75 Å². The summed E-state index contributed by atoms with van der Waals surface area (Å²) in [4.78, 5) is 0. The fraction of sp³-hybridized carbons (Fsp3) is 0.0909. The minimum Gasteiger partial charge on any atom is -0.497 e. The van der Waals surface area contributed by atoms with Crippen molar-refractivity contribution in [3.05, 3.63) is 96.4 Å². The van der Waals surface area contributed by atoms with E-state index < -0.39 is 0 Å². The van der Waals surface area contributed by atoms with Crippen molar-refractivity contribution >= 4 is 5.69 Å². The molecule has 0 unspecified atom stereocenters. The van der Waals surface area contributed by atoms with Crippen molar-refractivity contribution in [2.24, 2.45) is 0 Å². The summed E-state index contributed by atoms with van der Waals surface area (Å²) >= 11 is 0. The van der Waals surface area contributed by atoms with Crippen LogP contribution < -0.4 is 10.1 Å². The number of nitrogens with one attached hydrogen (secondary N) is 1. The quantitative estimate of drug-likeness (QED) is 0.529. The largest absolute Gasteiger partial charge is 0.497 e. The molecule has 1 aromatic heterocycles. The smallest absolute Gasteiger partial charge is 0.247 e. The molecule has 134 valence electrons. The molecule has 4 rings (SSSR count). The summed E-state index contributed by atoms with van der Waals surface area (Å²) < 4.78 is 11.2. The first kappa shape index (κ1) is 16.8. The van der Waals surface area contributed by atoms with Crippen LogP contribution in [0, 0.1) is 0 Å². The van der Waals surface area contributed by atoms with Crippen LogP contribution >= 0.6 is 0 Å². The number of methoxy groups -OCH3 is 1. The Morgan fingerprint density at radius 3 is 2.15 bits per heavy atom. The van der Waals surface area contributed by atoms with E-state index in [1.165, 1.54) is 0 Å². The molecule has 0 aliphatic rings. The molecular weight excluding hydrogens is 338 g/mol. The van der Waals surface area contributed by atoms with Gasteiger partial charge in [0, 0.05) is 11.3 Å². The van der Waals surface area contributed by atoms with Gasteiger partial charge in [0.2, 0.25) is 11.8 Å². The lowest BCUT2D eigenvalue weighted by atomic mass is 10.1. The van der Waals surface area contributed by atoms with Gasteiger partial charge in [0.1, 0.15) is 11.8 Å². The molecule has 3 aromatic carbocycles. The van der Waals surface area contributed by atoms with Crippen molar-refractivity contribution in [3.8, 4) is 17.2 Å². The Balaban J connectivity index is 1.67.